The standard InChI is InChI=1S/C18H15ClN3O2/c19-11-5-6-12-10(7-11)9-22(18(12)24)15-8-21-16(17(20)23)14-4-2-1-3-13(14)15/h4-8H,1-3,9H2,(H2,20,23). The molecule has 1 aliphatic heterocycles. The summed E-state index contributed by atoms with van der Waals surface area (Å²) >= 11 is 6.04. The van der Waals surface area contributed by atoms with Gasteiger partial charge in [-0.1, -0.05) is 11.6 Å². The lowest BCUT2D eigenvalue weighted by Crippen LogP contribution is -2.27. The van der Waals surface area contributed by atoms with Crippen molar-refractivity contribution in [3.05, 3.63) is 63.8 Å². The van der Waals surface area contributed by atoms with Crippen molar-refractivity contribution in [1.82, 2.24) is 4.98 Å². The summed E-state index contributed by atoms with van der Waals surface area (Å²) in [7, 11) is 0. The molecule has 2 heterocycles. The summed E-state index contributed by atoms with van der Waals surface area (Å²) in [5.74, 6) is -0.609. The molecule has 0 bridgehead atoms. The maximum atomic E-state index is 12.8. The number of benzene rings is 1. The van der Waals surface area contributed by atoms with Crippen LogP contribution in [-0.2, 0) is 13.0 Å². The Labute approximate surface area is 144 Å². The Bertz CT molecular complexity index is 879. The molecule has 0 fully saturated rings. The molecule has 0 spiro atoms. The molecule has 0 saturated heterocycles. The van der Waals surface area contributed by atoms with Crippen molar-refractivity contribution in [2.24, 2.45) is 5.73 Å². The average Bonchev–Trinajstić information content (AvgIpc) is 2.89. The predicted octanol–water partition coefficient (Wildman–Crippen LogP) is 2.88. The Morgan fingerprint density at radius 1 is 1.33 bits per heavy atom. The summed E-state index contributed by atoms with van der Waals surface area (Å²) in [6.45, 7) is 0.457. The van der Waals surface area contributed by atoms with Crippen LogP contribution < -0.4 is 10.6 Å². The molecule has 5 nitrogen and oxygen atoms in total. The number of carbonyl (C=O) groups excluding carboxylic acids is 2. The molecule has 1 radical (unpaired) electrons. The predicted molar refractivity (Wildman–Crippen MR) is 91.1 cm³/mol. The van der Waals surface area contributed by atoms with Gasteiger partial charge in [-0.05, 0) is 60.6 Å². The number of nitrogens with zero attached hydrogens (tertiary/aromatic N) is 2. The van der Waals surface area contributed by atoms with Crippen molar-refractivity contribution >= 4 is 29.1 Å². The molecule has 4 rings (SSSR count). The van der Waals surface area contributed by atoms with Gasteiger partial charge in [-0.3, -0.25) is 9.59 Å². The van der Waals surface area contributed by atoms with Crippen molar-refractivity contribution in [2.75, 3.05) is 4.90 Å². The Morgan fingerprint density at radius 3 is 2.96 bits per heavy atom. The molecule has 1 aliphatic carbocycles. The highest BCUT2D eigenvalue weighted by Crippen LogP contribution is 2.37. The number of anilines is 1. The third-order valence-electron chi connectivity index (χ3n) is 4.58. The second kappa shape index (κ2) is 5.60. The zero-order valence-electron chi connectivity index (χ0n) is 12.9. The molecule has 6 heteroatoms. The van der Waals surface area contributed by atoms with Crippen LogP contribution in [0.25, 0.3) is 0 Å². The summed E-state index contributed by atoms with van der Waals surface area (Å²) in [5.41, 5.74) is 9.77. The monoisotopic (exact) mass is 340 g/mol. The number of hydrogen-bond donors (Lipinski definition) is 1. The van der Waals surface area contributed by atoms with Gasteiger partial charge in [0.25, 0.3) is 11.8 Å². The van der Waals surface area contributed by atoms with Gasteiger partial charge in [-0.15, -0.1) is 0 Å². The van der Waals surface area contributed by atoms with E-state index < -0.39 is 5.91 Å². The number of carbonyl (C=O) groups is 2. The first-order valence-electron chi connectivity index (χ1n) is 7.81. The van der Waals surface area contributed by atoms with Gasteiger partial charge in [0.1, 0.15) is 5.69 Å². The summed E-state index contributed by atoms with van der Waals surface area (Å²) in [6.07, 6.45) is 6.22. The van der Waals surface area contributed by atoms with E-state index in [1.807, 2.05) is 12.5 Å². The van der Waals surface area contributed by atoms with Gasteiger partial charge in [0.05, 0.1) is 18.4 Å². The molecule has 2 amide bonds. The van der Waals surface area contributed by atoms with Crippen molar-refractivity contribution in [3.8, 4) is 0 Å². The molecular formula is C18H15ClN3O2. The van der Waals surface area contributed by atoms with Gasteiger partial charge in [-0.2, -0.15) is 0 Å². The molecule has 1 aromatic heterocycles. The molecule has 0 saturated carbocycles. The lowest BCUT2D eigenvalue weighted by Gasteiger charge is -2.25. The van der Waals surface area contributed by atoms with Crippen LogP contribution in [0.15, 0.2) is 24.4 Å². The second-order valence-electron chi connectivity index (χ2n) is 6.04. The van der Waals surface area contributed by atoms with Crippen LogP contribution in [0.1, 0.15) is 50.4 Å². The summed E-state index contributed by atoms with van der Waals surface area (Å²) in [6, 6.07) is 5.29. The van der Waals surface area contributed by atoms with Gasteiger partial charge >= 0.3 is 0 Å². The van der Waals surface area contributed by atoms with Crippen LogP contribution in [0.2, 0.25) is 5.02 Å². The first-order chi connectivity index (χ1) is 11.6. The van der Waals surface area contributed by atoms with Crippen LogP contribution >= 0.6 is 11.6 Å². The van der Waals surface area contributed by atoms with E-state index in [2.05, 4.69) is 4.98 Å². The minimum atomic E-state index is -0.543. The topological polar surface area (TPSA) is 76.3 Å². The molecule has 2 aliphatic rings. The highest BCUT2D eigenvalue weighted by Gasteiger charge is 2.32. The van der Waals surface area contributed by atoms with E-state index in [-0.39, 0.29) is 11.6 Å². The molecule has 0 atom stereocenters. The molecule has 121 valence electrons. The summed E-state index contributed by atoms with van der Waals surface area (Å²) in [5, 5.41) is 0.612. The van der Waals surface area contributed by atoms with Crippen LogP contribution in [0, 0.1) is 6.42 Å². The largest absolute Gasteiger partial charge is 0.364 e. The summed E-state index contributed by atoms with van der Waals surface area (Å²) in [4.78, 5) is 30.3. The number of aromatic nitrogens is 1. The Kier molecular flexibility index (Phi) is 3.53. The van der Waals surface area contributed by atoms with Crippen molar-refractivity contribution in [2.45, 2.75) is 25.8 Å². The van der Waals surface area contributed by atoms with Crippen molar-refractivity contribution < 1.29 is 9.59 Å². The number of nitrogens with two attached hydrogens (primary N) is 1. The minimum Gasteiger partial charge on any atom is -0.364 e. The first-order valence-corrected chi connectivity index (χ1v) is 8.19. The SMILES string of the molecule is NC(=O)c1ncc(N2Cc3cc(Cl)ccc3C2=O)c2c1[CH]CCC2. The van der Waals surface area contributed by atoms with E-state index in [0.29, 0.717) is 17.1 Å². The van der Waals surface area contributed by atoms with Gasteiger partial charge in [-0.25, -0.2) is 4.98 Å². The fourth-order valence-electron chi connectivity index (χ4n) is 3.47. The van der Waals surface area contributed by atoms with Gasteiger partial charge < -0.3 is 10.6 Å². The third kappa shape index (κ3) is 2.27. The van der Waals surface area contributed by atoms with E-state index in [0.717, 1.165) is 41.6 Å². The lowest BCUT2D eigenvalue weighted by molar-refractivity contribution is 0.0989. The maximum absolute atomic E-state index is 12.8. The van der Waals surface area contributed by atoms with Crippen LogP contribution in [0.5, 0.6) is 0 Å². The zero-order valence-corrected chi connectivity index (χ0v) is 13.6. The van der Waals surface area contributed by atoms with Crippen LogP contribution in [0.4, 0.5) is 5.69 Å². The van der Waals surface area contributed by atoms with E-state index in [1.165, 1.54) is 0 Å². The quantitative estimate of drug-likeness (QED) is 0.913. The number of halogens is 1. The van der Waals surface area contributed by atoms with Crippen molar-refractivity contribution in [3.63, 3.8) is 0 Å². The minimum absolute atomic E-state index is 0.0666. The number of pyridine rings is 1. The molecule has 0 unspecified atom stereocenters. The molecule has 1 aromatic carbocycles. The number of hydrogen-bond acceptors (Lipinski definition) is 3. The van der Waals surface area contributed by atoms with E-state index in [4.69, 9.17) is 17.3 Å². The summed E-state index contributed by atoms with van der Waals surface area (Å²) < 4.78 is 0. The Hall–Kier alpha value is -2.40. The molecule has 2 N–H and O–H groups in total. The third-order valence-corrected chi connectivity index (χ3v) is 4.82. The fraction of sp³-hybridized carbons (Fsp3) is 0.222. The molecule has 24 heavy (non-hydrogen) atoms. The smallest absolute Gasteiger partial charge is 0.267 e. The highest BCUT2D eigenvalue weighted by molar-refractivity contribution is 6.31. The van der Waals surface area contributed by atoms with E-state index in [1.54, 1.807) is 23.2 Å². The number of amides is 2. The normalized spacial score (nSPS) is 16.0. The Balaban J connectivity index is 1.81. The van der Waals surface area contributed by atoms with Crippen LogP contribution in [-0.4, -0.2) is 16.8 Å². The van der Waals surface area contributed by atoms with Crippen molar-refractivity contribution in [1.29, 1.82) is 0 Å². The maximum Gasteiger partial charge on any atom is 0.267 e. The number of rotatable bonds is 2. The lowest BCUT2D eigenvalue weighted by atomic mass is 9.89. The zero-order chi connectivity index (χ0) is 16.8. The molecular weight excluding hydrogens is 326 g/mol. The first kappa shape index (κ1) is 15.1. The number of primary amides is 1. The van der Waals surface area contributed by atoms with E-state index in [9.17, 15) is 9.59 Å². The second-order valence-corrected chi connectivity index (χ2v) is 6.47. The highest BCUT2D eigenvalue weighted by atomic mass is 35.5. The van der Waals surface area contributed by atoms with E-state index >= 15 is 0 Å². The van der Waals surface area contributed by atoms with Gasteiger partial charge in [0.15, 0.2) is 0 Å². The number of fused-ring (bicyclic) bond motifs is 2. The van der Waals surface area contributed by atoms with Crippen LogP contribution in [0.3, 0.4) is 0 Å². The Morgan fingerprint density at radius 2 is 2.17 bits per heavy atom. The van der Waals surface area contributed by atoms with Gasteiger partial charge in [0, 0.05) is 10.6 Å². The fourth-order valence-corrected chi connectivity index (χ4v) is 3.67. The van der Waals surface area contributed by atoms with Gasteiger partial charge in [0.2, 0.25) is 0 Å². The average molecular weight is 341 g/mol. The molecule has 2 aromatic rings.